The van der Waals surface area contributed by atoms with Crippen LogP contribution in [0.2, 0.25) is 0 Å². The molecule has 0 amide bonds. The second kappa shape index (κ2) is 3.95. The molecule has 1 saturated carbocycles. The fourth-order valence-corrected chi connectivity index (χ4v) is 2.51. The van der Waals surface area contributed by atoms with Crippen LogP contribution in [0.25, 0.3) is 0 Å². The van der Waals surface area contributed by atoms with E-state index in [-0.39, 0.29) is 12.4 Å². The van der Waals surface area contributed by atoms with Crippen LogP contribution in [0.4, 0.5) is 0 Å². The quantitative estimate of drug-likeness (QED) is 0.633. The number of rotatable bonds is 0. The van der Waals surface area contributed by atoms with Crippen LogP contribution in [0.3, 0.4) is 0 Å². The fraction of sp³-hybridized carbons (Fsp3) is 1.00. The molecule has 2 nitrogen and oxygen atoms in total. The van der Waals surface area contributed by atoms with Gasteiger partial charge in [0.1, 0.15) is 0 Å². The molecule has 2 rings (SSSR count). The highest BCUT2D eigenvalue weighted by Gasteiger charge is 2.38. The van der Waals surface area contributed by atoms with Crippen molar-refractivity contribution in [1.82, 2.24) is 0 Å². The standard InChI is InChI=1S/C9H17NO.ClH/c10-8-1-2-9(7-8)3-5-11-6-4-9;/h8H,1-7,10H2;1H. The maximum absolute atomic E-state index is 5.90. The van der Waals surface area contributed by atoms with Gasteiger partial charge in [0.05, 0.1) is 0 Å². The smallest absolute Gasteiger partial charge is 0.0471 e. The van der Waals surface area contributed by atoms with E-state index in [1.807, 2.05) is 0 Å². The first-order valence-electron chi connectivity index (χ1n) is 4.64. The zero-order valence-electron chi connectivity index (χ0n) is 7.42. The molecular weight excluding hydrogens is 174 g/mol. The van der Waals surface area contributed by atoms with E-state index in [0.29, 0.717) is 11.5 Å². The molecule has 1 saturated heterocycles. The van der Waals surface area contributed by atoms with Crippen LogP contribution in [0, 0.1) is 5.41 Å². The summed E-state index contributed by atoms with van der Waals surface area (Å²) in [4.78, 5) is 0. The summed E-state index contributed by atoms with van der Waals surface area (Å²) in [5, 5.41) is 0. The molecule has 72 valence electrons. The van der Waals surface area contributed by atoms with Crippen LogP contribution in [-0.4, -0.2) is 19.3 Å². The van der Waals surface area contributed by atoms with E-state index in [1.54, 1.807) is 0 Å². The number of hydrogen-bond acceptors (Lipinski definition) is 2. The number of halogens is 1. The monoisotopic (exact) mass is 191 g/mol. The van der Waals surface area contributed by atoms with Crippen molar-refractivity contribution in [2.45, 2.75) is 38.1 Å². The van der Waals surface area contributed by atoms with Gasteiger partial charge in [-0.3, -0.25) is 0 Å². The van der Waals surface area contributed by atoms with Crippen molar-refractivity contribution in [2.24, 2.45) is 11.1 Å². The third-order valence-electron chi connectivity index (χ3n) is 3.29. The molecule has 0 aromatic carbocycles. The van der Waals surface area contributed by atoms with E-state index in [1.165, 1.54) is 32.1 Å². The first-order valence-corrected chi connectivity index (χ1v) is 4.64. The van der Waals surface area contributed by atoms with Crippen molar-refractivity contribution in [2.75, 3.05) is 13.2 Å². The Morgan fingerprint density at radius 1 is 1.17 bits per heavy atom. The fourth-order valence-electron chi connectivity index (χ4n) is 2.51. The van der Waals surface area contributed by atoms with Gasteiger partial charge in [0, 0.05) is 19.3 Å². The normalized spacial score (nSPS) is 33.2. The summed E-state index contributed by atoms with van der Waals surface area (Å²) < 4.78 is 5.35. The van der Waals surface area contributed by atoms with Crippen LogP contribution in [0.1, 0.15) is 32.1 Å². The minimum atomic E-state index is 0. The molecule has 1 aliphatic heterocycles. The molecule has 0 aromatic rings. The van der Waals surface area contributed by atoms with Gasteiger partial charge in [0.2, 0.25) is 0 Å². The molecule has 1 unspecified atom stereocenters. The largest absolute Gasteiger partial charge is 0.381 e. The molecule has 2 aliphatic rings. The molecule has 0 radical (unpaired) electrons. The third-order valence-corrected chi connectivity index (χ3v) is 3.29. The van der Waals surface area contributed by atoms with Gasteiger partial charge in [0.15, 0.2) is 0 Å². The van der Waals surface area contributed by atoms with Crippen molar-refractivity contribution in [3.05, 3.63) is 0 Å². The highest BCUT2D eigenvalue weighted by Crippen LogP contribution is 2.44. The zero-order chi connectivity index (χ0) is 7.73. The van der Waals surface area contributed by atoms with Gasteiger partial charge in [-0.2, -0.15) is 0 Å². The summed E-state index contributed by atoms with van der Waals surface area (Å²) in [7, 11) is 0. The molecule has 0 bridgehead atoms. The molecule has 3 heteroatoms. The Bertz CT molecular complexity index is 140. The first-order chi connectivity index (χ1) is 5.31. The molecule has 0 aromatic heterocycles. The number of nitrogens with two attached hydrogens (primary N) is 1. The lowest BCUT2D eigenvalue weighted by molar-refractivity contribution is 0.0176. The summed E-state index contributed by atoms with van der Waals surface area (Å²) >= 11 is 0. The summed E-state index contributed by atoms with van der Waals surface area (Å²) in [5.41, 5.74) is 6.49. The zero-order valence-corrected chi connectivity index (χ0v) is 8.24. The molecule has 1 heterocycles. The second-order valence-electron chi connectivity index (χ2n) is 4.12. The van der Waals surface area contributed by atoms with Crippen molar-refractivity contribution < 1.29 is 4.74 Å². The molecule has 1 aliphatic carbocycles. The molecule has 2 fully saturated rings. The van der Waals surface area contributed by atoms with Crippen LogP contribution in [-0.2, 0) is 4.74 Å². The number of ether oxygens (including phenoxy) is 1. The average molecular weight is 192 g/mol. The van der Waals surface area contributed by atoms with Crippen molar-refractivity contribution in [3.63, 3.8) is 0 Å². The second-order valence-corrected chi connectivity index (χ2v) is 4.12. The van der Waals surface area contributed by atoms with E-state index in [2.05, 4.69) is 0 Å². The Balaban J connectivity index is 0.000000720. The SMILES string of the molecule is Cl.NC1CCC2(CCOCC2)C1. The Morgan fingerprint density at radius 2 is 1.83 bits per heavy atom. The van der Waals surface area contributed by atoms with E-state index in [0.717, 1.165) is 13.2 Å². The van der Waals surface area contributed by atoms with Crippen LogP contribution >= 0.6 is 12.4 Å². The van der Waals surface area contributed by atoms with Crippen molar-refractivity contribution in [1.29, 1.82) is 0 Å². The predicted octanol–water partition coefficient (Wildman–Crippen LogP) is 1.72. The summed E-state index contributed by atoms with van der Waals surface area (Å²) in [6.45, 7) is 1.93. The first kappa shape index (κ1) is 10.3. The van der Waals surface area contributed by atoms with Crippen molar-refractivity contribution >= 4 is 12.4 Å². The summed E-state index contributed by atoms with van der Waals surface area (Å²) in [6.07, 6.45) is 6.33. The van der Waals surface area contributed by atoms with Crippen molar-refractivity contribution in [3.8, 4) is 0 Å². The lowest BCUT2D eigenvalue weighted by Gasteiger charge is -2.33. The van der Waals surface area contributed by atoms with Gasteiger partial charge in [-0.15, -0.1) is 12.4 Å². The lowest BCUT2D eigenvalue weighted by atomic mass is 9.79. The highest BCUT2D eigenvalue weighted by molar-refractivity contribution is 5.85. The van der Waals surface area contributed by atoms with E-state index >= 15 is 0 Å². The average Bonchev–Trinajstić information content (AvgIpc) is 2.34. The highest BCUT2D eigenvalue weighted by atomic mass is 35.5. The van der Waals surface area contributed by atoms with Crippen LogP contribution in [0.15, 0.2) is 0 Å². The molecule has 1 atom stereocenters. The Labute approximate surface area is 80.3 Å². The van der Waals surface area contributed by atoms with Gasteiger partial charge in [0.25, 0.3) is 0 Å². The summed E-state index contributed by atoms with van der Waals surface area (Å²) in [6, 6.07) is 0.480. The topological polar surface area (TPSA) is 35.2 Å². The molecule has 2 N–H and O–H groups in total. The molecule has 1 spiro atoms. The summed E-state index contributed by atoms with van der Waals surface area (Å²) in [5.74, 6) is 0. The predicted molar refractivity (Wildman–Crippen MR) is 51.6 cm³/mol. The van der Waals surface area contributed by atoms with Gasteiger partial charge in [-0.1, -0.05) is 0 Å². The van der Waals surface area contributed by atoms with E-state index in [4.69, 9.17) is 10.5 Å². The van der Waals surface area contributed by atoms with Gasteiger partial charge in [-0.05, 0) is 37.5 Å². The Hall–Kier alpha value is 0.210. The van der Waals surface area contributed by atoms with E-state index < -0.39 is 0 Å². The number of hydrogen-bond donors (Lipinski definition) is 1. The van der Waals surface area contributed by atoms with Gasteiger partial charge < -0.3 is 10.5 Å². The van der Waals surface area contributed by atoms with Gasteiger partial charge >= 0.3 is 0 Å². The lowest BCUT2D eigenvalue weighted by Crippen LogP contribution is -2.28. The third kappa shape index (κ3) is 1.93. The molecular formula is C9H18ClNO. The Kier molecular flexibility index (Phi) is 3.38. The maximum Gasteiger partial charge on any atom is 0.0471 e. The maximum atomic E-state index is 5.90. The van der Waals surface area contributed by atoms with E-state index in [9.17, 15) is 0 Å². The minimum Gasteiger partial charge on any atom is -0.381 e. The van der Waals surface area contributed by atoms with Gasteiger partial charge in [-0.25, -0.2) is 0 Å². The van der Waals surface area contributed by atoms with Crippen LogP contribution in [0.5, 0.6) is 0 Å². The van der Waals surface area contributed by atoms with Crippen LogP contribution < -0.4 is 5.73 Å². The Morgan fingerprint density at radius 3 is 2.33 bits per heavy atom. The molecule has 12 heavy (non-hydrogen) atoms. The minimum absolute atomic E-state index is 0.